The maximum absolute atomic E-state index is 13.7. The highest BCUT2D eigenvalue weighted by atomic mass is 19.1. The van der Waals surface area contributed by atoms with Gasteiger partial charge in [0, 0.05) is 11.6 Å². The highest BCUT2D eigenvalue weighted by Gasteiger charge is 2.19. The molecule has 1 aromatic carbocycles. The molecule has 2 rings (SSSR count). The number of rotatable bonds is 7. The maximum Gasteiger partial charge on any atom is 0.129 e. The minimum Gasteiger partial charge on any atom is -0.314 e. The number of benzene rings is 1. The summed E-state index contributed by atoms with van der Waals surface area (Å²) in [5.74, 6) is -0.0239. The molecule has 0 amide bonds. The summed E-state index contributed by atoms with van der Waals surface area (Å²) in [4.78, 5) is 0. The predicted molar refractivity (Wildman–Crippen MR) is 78.7 cm³/mol. The molecule has 0 spiro atoms. The van der Waals surface area contributed by atoms with Gasteiger partial charge in [0.1, 0.15) is 11.6 Å². The number of nitrogens with one attached hydrogen (secondary N) is 1. The molecular weight excluding hydrogens is 256 g/mol. The van der Waals surface area contributed by atoms with Gasteiger partial charge in [-0.2, -0.15) is 0 Å². The first-order chi connectivity index (χ1) is 9.70. The molecule has 1 nitrogen and oxygen atoms in total. The second-order valence-electron chi connectivity index (χ2n) is 5.89. The molecule has 1 aliphatic carbocycles. The van der Waals surface area contributed by atoms with Crippen LogP contribution < -0.4 is 5.32 Å². The zero-order valence-electron chi connectivity index (χ0n) is 12.3. The summed E-state index contributed by atoms with van der Waals surface area (Å²) < 4.78 is 27.4. The molecule has 0 aliphatic heterocycles. The smallest absolute Gasteiger partial charge is 0.129 e. The van der Waals surface area contributed by atoms with Crippen LogP contribution in [-0.4, -0.2) is 12.6 Å². The second kappa shape index (κ2) is 7.72. The van der Waals surface area contributed by atoms with Gasteiger partial charge in [-0.3, -0.25) is 0 Å². The first-order valence-electron chi connectivity index (χ1n) is 7.87. The molecule has 1 aromatic rings. The molecule has 20 heavy (non-hydrogen) atoms. The van der Waals surface area contributed by atoms with E-state index in [1.165, 1.54) is 50.3 Å². The van der Waals surface area contributed by atoms with E-state index in [2.05, 4.69) is 5.32 Å². The van der Waals surface area contributed by atoms with Crippen LogP contribution >= 0.6 is 0 Å². The van der Waals surface area contributed by atoms with Crippen molar-refractivity contribution in [3.63, 3.8) is 0 Å². The summed E-state index contributed by atoms with van der Waals surface area (Å²) >= 11 is 0. The molecule has 112 valence electrons. The van der Waals surface area contributed by atoms with Crippen LogP contribution in [0.25, 0.3) is 0 Å². The van der Waals surface area contributed by atoms with E-state index in [0.717, 1.165) is 18.9 Å². The Labute approximate surface area is 120 Å². The van der Waals surface area contributed by atoms with Crippen molar-refractivity contribution in [3.05, 3.63) is 35.4 Å². The van der Waals surface area contributed by atoms with Crippen molar-refractivity contribution in [1.82, 2.24) is 5.32 Å². The molecule has 1 fully saturated rings. The highest BCUT2D eigenvalue weighted by molar-refractivity contribution is 5.20. The largest absolute Gasteiger partial charge is 0.314 e. The summed E-state index contributed by atoms with van der Waals surface area (Å²) in [6, 6.07) is 4.29. The van der Waals surface area contributed by atoms with Crippen molar-refractivity contribution in [3.8, 4) is 0 Å². The minimum atomic E-state index is -0.422. The SMILES string of the molecule is CCNC(CCC1CCCC1)Cc1c(F)cccc1F. The van der Waals surface area contributed by atoms with Crippen LogP contribution in [0.1, 0.15) is 51.0 Å². The van der Waals surface area contributed by atoms with Crippen molar-refractivity contribution < 1.29 is 8.78 Å². The number of halogens is 2. The van der Waals surface area contributed by atoms with Crippen LogP contribution in [0, 0.1) is 17.6 Å². The standard InChI is InChI=1S/C17H25F2N/c1-2-20-14(11-10-13-6-3-4-7-13)12-15-16(18)8-5-9-17(15)19/h5,8-9,13-14,20H,2-4,6-7,10-12H2,1H3. The Hall–Kier alpha value is -0.960. The molecule has 0 heterocycles. The highest BCUT2D eigenvalue weighted by Crippen LogP contribution is 2.29. The fourth-order valence-corrected chi connectivity index (χ4v) is 3.27. The van der Waals surface area contributed by atoms with Crippen LogP contribution in [0.2, 0.25) is 0 Å². The summed E-state index contributed by atoms with van der Waals surface area (Å²) in [5.41, 5.74) is 0.227. The lowest BCUT2D eigenvalue weighted by Gasteiger charge is -2.20. The van der Waals surface area contributed by atoms with Crippen molar-refractivity contribution in [2.24, 2.45) is 5.92 Å². The molecule has 3 heteroatoms. The van der Waals surface area contributed by atoms with Crippen molar-refractivity contribution in [1.29, 1.82) is 0 Å². The molecule has 0 saturated heterocycles. The fraction of sp³-hybridized carbons (Fsp3) is 0.647. The van der Waals surface area contributed by atoms with Crippen LogP contribution in [0.15, 0.2) is 18.2 Å². The Morgan fingerprint density at radius 1 is 1.20 bits per heavy atom. The average Bonchev–Trinajstić information content (AvgIpc) is 2.93. The van der Waals surface area contributed by atoms with E-state index >= 15 is 0 Å². The summed E-state index contributed by atoms with van der Waals surface area (Å²) in [5, 5.41) is 3.38. The van der Waals surface area contributed by atoms with Crippen LogP contribution in [0.4, 0.5) is 8.78 Å². The molecular formula is C17H25F2N. The third-order valence-electron chi connectivity index (χ3n) is 4.40. The quantitative estimate of drug-likeness (QED) is 0.778. The zero-order chi connectivity index (χ0) is 14.4. The lowest BCUT2D eigenvalue weighted by atomic mass is 9.94. The van der Waals surface area contributed by atoms with Crippen molar-refractivity contribution >= 4 is 0 Å². The van der Waals surface area contributed by atoms with Gasteiger partial charge < -0.3 is 5.32 Å². The molecule has 0 bridgehead atoms. The number of hydrogen-bond acceptors (Lipinski definition) is 1. The second-order valence-corrected chi connectivity index (χ2v) is 5.89. The van der Waals surface area contributed by atoms with E-state index < -0.39 is 11.6 Å². The molecule has 0 aromatic heterocycles. The third-order valence-corrected chi connectivity index (χ3v) is 4.40. The number of hydrogen-bond donors (Lipinski definition) is 1. The Balaban J connectivity index is 1.93. The fourth-order valence-electron chi connectivity index (χ4n) is 3.27. The third kappa shape index (κ3) is 4.27. The van der Waals surface area contributed by atoms with Crippen LogP contribution in [0.3, 0.4) is 0 Å². The number of likely N-dealkylation sites (N-methyl/N-ethyl adjacent to an activating group) is 1. The Bertz CT molecular complexity index is 393. The van der Waals surface area contributed by atoms with E-state index in [1.807, 2.05) is 6.92 Å². The lowest BCUT2D eigenvalue weighted by molar-refractivity contribution is 0.399. The lowest BCUT2D eigenvalue weighted by Crippen LogP contribution is -2.32. The Morgan fingerprint density at radius 2 is 1.85 bits per heavy atom. The summed E-state index contributed by atoms with van der Waals surface area (Å²) in [6.07, 6.45) is 7.97. The maximum atomic E-state index is 13.7. The van der Waals surface area contributed by atoms with E-state index in [-0.39, 0.29) is 11.6 Å². The van der Waals surface area contributed by atoms with Gasteiger partial charge in [-0.1, -0.05) is 38.7 Å². The topological polar surface area (TPSA) is 12.0 Å². The molecule has 1 N–H and O–H groups in total. The van der Waals surface area contributed by atoms with Gasteiger partial charge in [0.25, 0.3) is 0 Å². The molecule has 0 radical (unpaired) electrons. The van der Waals surface area contributed by atoms with Gasteiger partial charge >= 0.3 is 0 Å². The van der Waals surface area contributed by atoms with E-state index in [4.69, 9.17) is 0 Å². The van der Waals surface area contributed by atoms with Crippen molar-refractivity contribution in [2.75, 3.05) is 6.54 Å². The van der Waals surface area contributed by atoms with Gasteiger partial charge in [-0.25, -0.2) is 8.78 Å². The van der Waals surface area contributed by atoms with Gasteiger partial charge in [0.15, 0.2) is 0 Å². The van der Waals surface area contributed by atoms with Gasteiger partial charge in [0.05, 0.1) is 0 Å². The monoisotopic (exact) mass is 281 g/mol. The summed E-state index contributed by atoms with van der Waals surface area (Å²) in [6.45, 7) is 2.88. The zero-order valence-corrected chi connectivity index (χ0v) is 12.3. The van der Waals surface area contributed by atoms with E-state index in [9.17, 15) is 8.78 Å². The normalized spacial score (nSPS) is 17.6. The van der Waals surface area contributed by atoms with Crippen molar-refractivity contribution in [2.45, 2.75) is 57.9 Å². The first kappa shape index (κ1) is 15.4. The molecule has 1 atom stereocenters. The minimum absolute atomic E-state index is 0.173. The summed E-state index contributed by atoms with van der Waals surface area (Å²) in [7, 11) is 0. The molecule has 1 unspecified atom stereocenters. The van der Waals surface area contributed by atoms with Crippen LogP contribution in [0.5, 0.6) is 0 Å². The van der Waals surface area contributed by atoms with Gasteiger partial charge in [-0.15, -0.1) is 0 Å². The average molecular weight is 281 g/mol. The van der Waals surface area contributed by atoms with E-state index in [0.29, 0.717) is 6.42 Å². The van der Waals surface area contributed by atoms with Gasteiger partial charge in [-0.05, 0) is 43.9 Å². The van der Waals surface area contributed by atoms with Crippen LogP contribution in [-0.2, 0) is 6.42 Å². The molecule has 1 saturated carbocycles. The molecule has 1 aliphatic rings. The Kier molecular flexibility index (Phi) is 5.96. The van der Waals surface area contributed by atoms with E-state index in [1.54, 1.807) is 0 Å². The first-order valence-corrected chi connectivity index (χ1v) is 7.87. The predicted octanol–water partition coefficient (Wildman–Crippen LogP) is 4.46. The Morgan fingerprint density at radius 3 is 2.45 bits per heavy atom. The van der Waals surface area contributed by atoms with Gasteiger partial charge in [0.2, 0.25) is 0 Å².